The Morgan fingerprint density at radius 1 is 1.39 bits per heavy atom. The van der Waals surface area contributed by atoms with Crippen molar-refractivity contribution in [1.82, 2.24) is 0 Å². The quantitative estimate of drug-likeness (QED) is 0.749. The Kier molecular flexibility index (Phi) is 4.37. The Labute approximate surface area is 109 Å². The summed E-state index contributed by atoms with van der Waals surface area (Å²) < 4.78 is 5.67. The van der Waals surface area contributed by atoms with Gasteiger partial charge in [0.1, 0.15) is 0 Å². The molecule has 1 saturated heterocycles. The molecular formula is C15H21NO2. The molecule has 0 bridgehead atoms. The van der Waals surface area contributed by atoms with Gasteiger partial charge in [0.25, 0.3) is 0 Å². The van der Waals surface area contributed by atoms with E-state index in [0.29, 0.717) is 6.10 Å². The number of hydrogen-bond donors (Lipinski definition) is 0. The molecule has 3 nitrogen and oxygen atoms in total. The molecule has 1 fully saturated rings. The molecule has 0 radical (unpaired) electrons. The number of likely N-dealkylation sites (N-methyl/N-ethyl adjacent to an activating group) is 1. The Hall–Kier alpha value is -1.35. The molecule has 1 unspecified atom stereocenters. The van der Waals surface area contributed by atoms with Crippen LogP contribution in [0.1, 0.15) is 37.0 Å². The van der Waals surface area contributed by atoms with Gasteiger partial charge in [-0.3, -0.25) is 4.79 Å². The molecule has 1 atom stereocenters. The highest BCUT2D eigenvalue weighted by molar-refractivity contribution is 5.94. The van der Waals surface area contributed by atoms with E-state index in [9.17, 15) is 4.79 Å². The zero-order valence-electron chi connectivity index (χ0n) is 11.2. The second-order valence-corrected chi connectivity index (χ2v) is 4.78. The number of carbonyl (C=O) groups excluding carboxylic acids is 1. The number of rotatable bonds is 5. The van der Waals surface area contributed by atoms with Crippen molar-refractivity contribution >= 4 is 11.5 Å². The van der Waals surface area contributed by atoms with Gasteiger partial charge in [-0.2, -0.15) is 0 Å². The monoisotopic (exact) mass is 247 g/mol. The van der Waals surface area contributed by atoms with Crippen LogP contribution in [-0.2, 0) is 4.74 Å². The molecule has 0 aromatic heterocycles. The van der Waals surface area contributed by atoms with Gasteiger partial charge >= 0.3 is 0 Å². The van der Waals surface area contributed by atoms with E-state index in [2.05, 4.69) is 11.8 Å². The van der Waals surface area contributed by atoms with Crippen molar-refractivity contribution in [2.24, 2.45) is 0 Å². The summed E-state index contributed by atoms with van der Waals surface area (Å²) in [7, 11) is 0. The van der Waals surface area contributed by atoms with Gasteiger partial charge in [0, 0.05) is 30.9 Å². The summed E-state index contributed by atoms with van der Waals surface area (Å²) in [6.45, 7) is 6.54. The fourth-order valence-corrected chi connectivity index (χ4v) is 2.36. The summed E-state index contributed by atoms with van der Waals surface area (Å²) >= 11 is 0. The summed E-state index contributed by atoms with van der Waals surface area (Å²) in [6, 6.07) is 7.84. The van der Waals surface area contributed by atoms with E-state index in [-0.39, 0.29) is 5.78 Å². The average Bonchev–Trinajstić information content (AvgIpc) is 2.89. The summed E-state index contributed by atoms with van der Waals surface area (Å²) in [4.78, 5) is 13.5. The highest BCUT2D eigenvalue weighted by atomic mass is 16.5. The van der Waals surface area contributed by atoms with Gasteiger partial charge in [-0.1, -0.05) is 0 Å². The number of ketones is 1. The van der Waals surface area contributed by atoms with Crippen LogP contribution in [0.15, 0.2) is 24.3 Å². The molecule has 0 aliphatic carbocycles. The van der Waals surface area contributed by atoms with Crippen molar-refractivity contribution in [2.45, 2.75) is 32.8 Å². The molecule has 1 heterocycles. The highest BCUT2D eigenvalue weighted by Gasteiger charge is 2.18. The fraction of sp³-hybridized carbons (Fsp3) is 0.533. The van der Waals surface area contributed by atoms with Crippen molar-refractivity contribution in [1.29, 1.82) is 0 Å². The minimum atomic E-state index is 0.115. The molecule has 0 amide bonds. The molecule has 1 aliphatic heterocycles. The number of Topliss-reactive ketones (excluding diaryl/α,β-unsaturated/α-hetero) is 1. The van der Waals surface area contributed by atoms with Gasteiger partial charge in [0.15, 0.2) is 5.78 Å². The van der Waals surface area contributed by atoms with Crippen LogP contribution in [-0.4, -0.2) is 31.6 Å². The van der Waals surface area contributed by atoms with Gasteiger partial charge in [0.2, 0.25) is 0 Å². The van der Waals surface area contributed by atoms with E-state index in [0.717, 1.165) is 37.4 Å². The summed E-state index contributed by atoms with van der Waals surface area (Å²) in [5.74, 6) is 0.115. The van der Waals surface area contributed by atoms with Crippen molar-refractivity contribution < 1.29 is 9.53 Å². The van der Waals surface area contributed by atoms with E-state index in [4.69, 9.17) is 4.74 Å². The predicted octanol–water partition coefficient (Wildman–Crippen LogP) is 2.89. The third-order valence-electron chi connectivity index (χ3n) is 3.47. The zero-order chi connectivity index (χ0) is 13.0. The van der Waals surface area contributed by atoms with Crippen LogP contribution in [0.25, 0.3) is 0 Å². The van der Waals surface area contributed by atoms with E-state index >= 15 is 0 Å². The van der Waals surface area contributed by atoms with Crippen LogP contribution in [0.5, 0.6) is 0 Å². The maximum absolute atomic E-state index is 11.2. The molecule has 2 rings (SSSR count). The van der Waals surface area contributed by atoms with Crippen molar-refractivity contribution in [3.63, 3.8) is 0 Å². The van der Waals surface area contributed by atoms with Gasteiger partial charge in [-0.05, 0) is 51.0 Å². The predicted molar refractivity (Wildman–Crippen MR) is 73.3 cm³/mol. The van der Waals surface area contributed by atoms with Crippen molar-refractivity contribution in [3.05, 3.63) is 29.8 Å². The largest absolute Gasteiger partial charge is 0.376 e. The summed E-state index contributed by atoms with van der Waals surface area (Å²) in [5, 5.41) is 0. The summed E-state index contributed by atoms with van der Waals surface area (Å²) in [5.41, 5.74) is 1.94. The average molecular weight is 247 g/mol. The van der Waals surface area contributed by atoms with Crippen molar-refractivity contribution in [3.8, 4) is 0 Å². The Morgan fingerprint density at radius 2 is 2.11 bits per heavy atom. The van der Waals surface area contributed by atoms with Crippen LogP contribution in [0.3, 0.4) is 0 Å². The molecule has 0 saturated carbocycles. The molecule has 1 aromatic carbocycles. The lowest BCUT2D eigenvalue weighted by Gasteiger charge is -2.26. The lowest BCUT2D eigenvalue weighted by Crippen LogP contribution is -2.31. The zero-order valence-corrected chi connectivity index (χ0v) is 11.2. The first kappa shape index (κ1) is 13.1. The van der Waals surface area contributed by atoms with E-state index in [1.807, 2.05) is 24.3 Å². The third kappa shape index (κ3) is 3.10. The minimum absolute atomic E-state index is 0.115. The topological polar surface area (TPSA) is 29.5 Å². The van der Waals surface area contributed by atoms with Crippen LogP contribution < -0.4 is 4.90 Å². The number of benzene rings is 1. The smallest absolute Gasteiger partial charge is 0.159 e. The Morgan fingerprint density at radius 3 is 2.61 bits per heavy atom. The number of carbonyl (C=O) groups is 1. The molecule has 18 heavy (non-hydrogen) atoms. The van der Waals surface area contributed by atoms with Gasteiger partial charge in [-0.15, -0.1) is 0 Å². The second-order valence-electron chi connectivity index (χ2n) is 4.78. The first-order chi connectivity index (χ1) is 8.70. The lowest BCUT2D eigenvalue weighted by atomic mass is 10.1. The second kappa shape index (κ2) is 6.01. The molecular weight excluding hydrogens is 226 g/mol. The van der Waals surface area contributed by atoms with Crippen LogP contribution in [0.2, 0.25) is 0 Å². The first-order valence-electron chi connectivity index (χ1n) is 6.68. The number of ether oxygens (including phenoxy) is 1. The SMILES string of the molecule is CCN(CC1CCCO1)c1ccc(C(C)=O)cc1. The maximum Gasteiger partial charge on any atom is 0.159 e. The molecule has 98 valence electrons. The van der Waals surface area contributed by atoms with Crippen molar-refractivity contribution in [2.75, 3.05) is 24.6 Å². The number of nitrogens with zero attached hydrogens (tertiary/aromatic N) is 1. The molecule has 1 aromatic rings. The van der Waals surface area contributed by atoms with Crippen LogP contribution in [0, 0.1) is 0 Å². The number of hydrogen-bond acceptors (Lipinski definition) is 3. The lowest BCUT2D eigenvalue weighted by molar-refractivity contribution is 0.101. The molecule has 0 spiro atoms. The van der Waals surface area contributed by atoms with Crippen LogP contribution in [0.4, 0.5) is 5.69 Å². The number of anilines is 1. The van der Waals surface area contributed by atoms with Gasteiger partial charge in [-0.25, -0.2) is 0 Å². The Balaban J connectivity index is 2.04. The minimum Gasteiger partial charge on any atom is -0.376 e. The van der Waals surface area contributed by atoms with Gasteiger partial charge < -0.3 is 9.64 Å². The summed E-state index contributed by atoms with van der Waals surface area (Å²) in [6.07, 6.45) is 2.69. The van der Waals surface area contributed by atoms with E-state index < -0.39 is 0 Å². The third-order valence-corrected chi connectivity index (χ3v) is 3.47. The fourth-order valence-electron chi connectivity index (χ4n) is 2.36. The maximum atomic E-state index is 11.2. The van der Waals surface area contributed by atoms with Crippen LogP contribution >= 0.6 is 0 Å². The molecule has 1 aliphatic rings. The van der Waals surface area contributed by atoms with Gasteiger partial charge in [0.05, 0.1) is 6.10 Å². The normalized spacial score (nSPS) is 18.9. The Bertz CT molecular complexity index is 393. The highest BCUT2D eigenvalue weighted by Crippen LogP contribution is 2.19. The van der Waals surface area contributed by atoms with E-state index in [1.165, 1.54) is 6.42 Å². The molecule has 0 N–H and O–H groups in total. The first-order valence-corrected chi connectivity index (χ1v) is 6.68. The molecule has 3 heteroatoms. The van der Waals surface area contributed by atoms with E-state index in [1.54, 1.807) is 6.92 Å². The standard InChI is InChI=1S/C15H21NO2/c1-3-16(11-15-5-4-10-18-15)14-8-6-13(7-9-14)12(2)17/h6-9,15H,3-5,10-11H2,1-2H3.